The first-order valence-corrected chi connectivity index (χ1v) is 19.6. The van der Waals surface area contributed by atoms with Crippen molar-refractivity contribution in [2.75, 3.05) is 34.9 Å². The van der Waals surface area contributed by atoms with Gasteiger partial charge in [-0.2, -0.15) is 19.9 Å². The molecule has 0 radical (unpaired) electrons. The SMILES string of the molecule is CN(Cc1cnc2nc(N)nc(N)c2n1)c1ccc(C(=O)C[C@@H](CCC(=O)O)C(=O)O)cc1.Nc1nc(N)c2nc(CCc3ccc(C(=O)NC(CCC(=O)O)C(=O)O)cc3)cnc2n1. The number of carbonyl (C=O) groups excluding carboxylic acids is 2. The lowest BCUT2D eigenvalue weighted by molar-refractivity contribution is -0.143. The fraction of sp³-hybridized carbons (Fsp3) is 0.268. The van der Waals surface area contributed by atoms with E-state index in [1.807, 2.05) is 11.9 Å². The van der Waals surface area contributed by atoms with Crippen LogP contribution in [0.4, 0.5) is 29.2 Å². The third kappa shape index (κ3) is 13.4. The maximum Gasteiger partial charge on any atom is 0.326 e. The molecule has 0 aliphatic rings. The summed E-state index contributed by atoms with van der Waals surface area (Å²) >= 11 is 0. The van der Waals surface area contributed by atoms with Gasteiger partial charge in [0.05, 0.1) is 36.2 Å². The summed E-state index contributed by atoms with van der Waals surface area (Å²) in [7, 11) is 1.83. The monoisotopic (exact) mass is 892 g/mol. The number of benzene rings is 2. The van der Waals surface area contributed by atoms with E-state index < -0.39 is 41.7 Å². The first-order chi connectivity index (χ1) is 30.9. The van der Waals surface area contributed by atoms with Gasteiger partial charge >= 0.3 is 23.9 Å². The minimum atomic E-state index is -1.29. The second-order valence-electron chi connectivity index (χ2n) is 14.5. The van der Waals surface area contributed by atoms with Crippen LogP contribution in [0.1, 0.15) is 69.8 Å². The molecule has 6 aromatic rings. The number of aryl methyl sites for hydroxylation is 2. The number of nitrogens with one attached hydrogen (secondary N) is 1. The van der Waals surface area contributed by atoms with Gasteiger partial charge in [0.2, 0.25) is 11.9 Å². The van der Waals surface area contributed by atoms with Crippen LogP contribution in [-0.4, -0.2) is 109 Å². The Morgan fingerprint density at radius 1 is 0.631 bits per heavy atom. The van der Waals surface area contributed by atoms with Crippen molar-refractivity contribution in [3.05, 3.63) is 89.0 Å². The number of hydrogen-bond donors (Lipinski definition) is 9. The quantitative estimate of drug-likeness (QED) is 0.0523. The second-order valence-corrected chi connectivity index (χ2v) is 14.5. The zero-order valence-electron chi connectivity index (χ0n) is 34.7. The fourth-order valence-electron chi connectivity index (χ4n) is 6.21. The highest BCUT2D eigenvalue weighted by molar-refractivity contribution is 5.98. The molecule has 24 heteroatoms. The van der Waals surface area contributed by atoms with E-state index in [0.717, 1.165) is 11.3 Å². The minimum absolute atomic E-state index is 0.0189. The van der Waals surface area contributed by atoms with E-state index in [9.17, 15) is 33.9 Å². The zero-order valence-corrected chi connectivity index (χ0v) is 34.7. The largest absolute Gasteiger partial charge is 0.481 e. The van der Waals surface area contributed by atoms with E-state index >= 15 is 0 Å². The van der Waals surface area contributed by atoms with E-state index in [4.69, 9.17) is 38.3 Å². The van der Waals surface area contributed by atoms with Gasteiger partial charge in [-0.05, 0) is 67.6 Å². The normalized spacial score (nSPS) is 11.8. The molecule has 65 heavy (non-hydrogen) atoms. The smallest absolute Gasteiger partial charge is 0.326 e. The molecule has 6 rings (SSSR count). The molecule has 0 fully saturated rings. The van der Waals surface area contributed by atoms with Crippen LogP contribution in [0.5, 0.6) is 0 Å². The predicted octanol–water partition coefficient (Wildman–Crippen LogP) is 1.78. The number of anilines is 5. The average molecular weight is 893 g/mol. The van der Waals surface area contributed by atoms with Crippen molar-refractivity contribution >= 4 is 87.1 Å². The molecule has 13 N–H and O–H groups in total. The highest BCUT2D eigenvalue weighted by atomic mass is 16.4. The topological polar surface area (TPSA) is 406 Å². The molecule has 0 aliphatic carbocycles. The van der Waals surface area contributed by atoms with Gasteiger partial charge in [0.15, 0.2) is 39.7 Å². The number of carboxylic acids is 4. The Balaban J connectivity index is 0.000000244. The molecule has 0 saturated carbocycles. The van der Waals surface area contributed by atoms with Crippen LogP contribution < -0.4 is 33.2 Å². The molecule has 0 aliphatic heterocycles. The van der Waals surface area contributed by atoms with Gasteiger partial charge in [-0.15, -0.1) is 0 Å². The maximum absolute atomic E-state index is 12.5. The minimum Gasteiger partial charge on any atom is -0.481 e. The highest BCUT2D eigenvalue weighted by Gasteiger charge is 2.24. The molecule has 2 aromatic carbocycles. The number of fused-ring (bicyclic) bond motifs is 2. The summed E-state index contributed by atoms with van der Waals surface area (Å²) in [4.78, 5) is 104. The Morgan fingerprint density at radius 3 is 1.69 bits per heavy atom. The second kappa shape index (κ2) is 21.4. The summed E-state index contributed by atoms with van der Waals surface area (Å²) in [5.74, 6) is -6.38. The molecule has 338 valence electrons. The van der Waals surface area contributed by atoms with Gasteiger partial charge < -0.3 is 53.6 Å². The Hall–Kier alpha value is -8.70. The van der Waals surface area contributed by atoms with Gasteiger partial charge in [-0.1, -0.05) is 12.1 Å². The van der Waals surface area contributed by atoms with Crippen molar-refractivity contribution in [1.29, 1.82) is 0 Å². The molecule has 4 heterocycles. The lowest BCUT2D eigenvalue weighted by Gasteiger charge is -2.19. The van der Waals surface area contributed by atoms with Gasteiger partial charge in [-0.25, -0.2) is 24.7 Å². The average Bonchev–Trinajstić information content (AvgIpc) is 3.26. The molecule has 0 spiro atoms. The summed E-state index contributed by atoms with van der Waals surface area (Å²) in [6, 6.07) is 12.0. The number of amides is 1. The number of Topliss-reactive ketones (excluding diaryl/α,β-unsaturated/α-hetero) is 1. The van der Waals surface area contributed by atoms with E-state index in [1.165, 1.54) is 0 Å². The number of hydrogen-bond acceptors (Lipinski definition) is 19. The number of rotatable bonds is 19. The lowest BCUT2D eigenvalue weighted by Crippen LogP contribution is -2.41. The Bertz CT molecular complexity index is 2740. The van der Waals surface area contributed by atoms with Crippen LogP contribution in [0.25, 0.3) is 22.3 Å². The van der Waals surface area contributed by atoms with Gasteiger partial charge in [0.25, 0.3) is 5.91 Å². The van der Waals surface area contributed by atoms with E-state index in [2.05, 4.69) is 45.2 Å². The summed E-state index contributed by atoms with van der Waals surface area (Å²) in [6.45, 7) is 0.385. The van der Waals surface area contributed by atoms with Crippen LogP contribution in [-0.2, 0) is 38.6 Å². The Kier molecular flexibility index (Phi) is 15.6. The molecule has 1 unspecified atom stereocenters. The number of aliphatic carboxylic acids is 4. The van der Waals surface area contributed by atoms with Gasteiger partial charge in [-0.3, -0.25) is 24.0 Å². The summed E-state index contributed by atoms with van der Waals surface area (Å²) in [5.41, 5.74) is 27.8. The first kappa shape index (κ1) is 47.4. The number of nitrogen functional groups attached to an aromatic ring is 4. The number of carbonyl (C=O) groups is 6. The third-order valence-electron chi connectivity index (χ3n) is 9.66. The number of ketones is 1. The van der Waals surface area contributed by atoms with Crippen molar-refractivity contribution in [3.63, 3.8) is 0 Å². The number of carboxylic acid groups (broad SMARTS) is 4. The Morgan fingerprint density at radius 2 is 1.15 bits per heavy atom. The molecule has 0 saturated heterocycles. The van der Waals surface area contributed by atoms with E-state index in [0.29, 0.717) is 58.7 Å². The third-order valence-corrected chi connectivity index (χ3v) is 9.66. The molecule has 0 bridgehead atoms. The summed E-state index contributed by atoms with van der Waals surface area (Å²) in [6.07, 6.45) is 3.05. The molecule has 4 aromatic heterocycles. The van der Waals surface area contributed by atoms with Crippen molar-refractivity contribution < 1.29 is 49.2 Å². The van der Waals surface area contributed by atoms with Crippen molar-refractivity contribution in [2.45, 2.75) is 57.5 Å². The van der Waals surface area contributed by atoms with Gasteiger partial charge in [0, 0.05) is 43.1 Å². The molecule has 2 atom stereocenters. The van der Waals surface area contributed by atoms with Crippen LogP contribution in [0.15, 0.2) is 60.9 Å². The molecule has 24 nitrogen and oxygen atoms in total. The maximum atomic E-state index is 12.5. The standard InChI is InChI=1S/C21H23N7O5.C20H21N7O5/c1-28(10-13-9-24-19-17(25-13)18(22)26-21(23)27-19)14-5-2-11(3-6-14)15(29)8-12(20(32)33)4-7-16(30)31;21-16-15-17(27-20(22)26-16)23-9-12(24-15)6-3-10-1-4-11(5-2-10)18(30)25-13(19(31)32)7-8-14(28)29/h2-3,5-6,9,12H,4,7-8,10H2,1H3,(H,30,31)(H,32,33)(H4,22,23,24,26,27);1-2,4-5,9,13H,3,6-8H2,(H,25,30)(H,28,29)(H,31,32)(H4,21,22,23,26,27)/t12-;/m1./s1. The predicted molar refractivity (Wildman–Crippen MR) is 233 cm³/mol. The van der Waals surface area contributed by atoms with Crippen molar-refractivity contribution in [2.24, 2.45) is 5.92 Å². The van der Waals surface area contributed by atoms with Crippen LogP contribution >= 0.6 is 0 Å². The van der Waals surface area contributed by atoms with E-state index in [-0.39, 0.29) is 67.0 Å². The zero-order chi connectivity index (χ0) is 47.4. The number of aromatic nitrogens is 8. The summed E-state index contributed by atoms with van der Waals surface area (Å²) < 4.78 is 0. The molecular formula is C41H44N14O10. The van der Waals surface area contributed by atoms with E-state index in [1.54, 1.807) is 60.9 Å². The first-order valence-electron chi connectivity index (χ1n) is 19.6. The highest BCUT2D eigenvalue weighted by Crippen LogP contribution is 2.22. The van der Waals surface area contributed by atoms with Crippen molar-refractivity contribution in [3.8, 4) is 0 Å². The Labute approximate surface area is 368 Å². The summed E-state index contributed by atoms with van der Waals surface area (Å²) in [5, 5.41) is 38.2. The number of nitrogens with zero attached hydrogens (tertiary/aromatic N) is 9. The van der Waals surface area contributed by atoms with Crippen LogP contribution in [0.3, 0.4) is 0 Å². The molecule has 1 amide bonds. The number of nitrogens with two attached hydrogens (primary N) is 4. The lowest BCUT2D eigenvalue weighted by atomic mass is 9.94. The van der Waals surface area contributed by atoms with Crippen LogP contribution in [0.2, 0.25) is 0 Å². The van der Waals surface area contributed by atoms with Gasteiger partial charge in [0.1, 0.15) is 6.04 Å². The van der Waals surface area contributed by atoms with Crippen molar-refractivity contribution in [1.82, 2.24) is 45.2 Å². The molecular weight excluding hydrogens is 849 g/mol. The fourth-order valence-corrected chi connectivity index (χ4v) is 6.21. The van der Waals surface area contributed by atoms with Crippen LogP contribution in [0, 0.1) is 5.92 Å².